The number of esters is 1. The summed E-state index contributed by atoms with van der Waals surface area (Å²) in [5.41, 5.74) is -0.148. The predicted molar refractivity (Wildman–Crippen MR) is 84.7 cm³/mol. The summed E-state index contributed by atoms with van der Waals surface area (Å²) in [4.78, 5) is 16.2. The summed E-state index contributed by atoms with van der Waals surface area (Å²) in [5, 5.41) is 7.96. The second kappa shape index (κ2) is 6.59. The van der Waals surface area contributed by atoms with Gasteiger partial charge in [0.25, 0.3) is 0 Å². The highest BCUT2D eigenvalue weighted by Gasteiger charge is 2.47. The third-order valence-electron chi connectivity index (χ3n) is 5.42. The van der Waals surface area contributed by atoms with Crippen molar-refractivity contribution in [3.8, 4) is 0 Å². The molecule has 2 saturated carbocycles. The van der Waals surface area contributed by atoms with Gasteiger partial charge in [-0.05, 0) is 31.1 Å². The predicted octanol–water partition coefficient (Wildman–Crippen LogP) is 2.86. The first-order valence-corrected chi connectivity index (χ1v) is 8.70. The Labute approximate surface area is 137 Å². The maximum Gasteiger partial charge on any atom is 0.306 e. The molecule has 1 heterocycles. The van der Waals surface area contributed by atoms with Crippen molar-refractivity contribution in [1.82, 2.24) is 15.5 Å². The molecule has 0 bridgehead atoms. The summed E-state index contributed by atoms with van der Waals surface area (Å²) in [6.45, 7) is 2.65. The van der Waals surface area contributed by atoms with E-state index in [9.17, 15) is 4.79 Å². The van der Waals surface area contributed by atoms with Gasteiger partial charge in [-0.1, -0.05) is 30.8 Å². The van der Waals surface area contributed by atoms with E-state index in [2.05, 4.69) is 15.5 Å². The van der Waals surface area contributed by atoms with Gasteiger partial charge < -0.3 is 14.6 Å². The molecule has 6 heteroatoms. The number of carbonyl (C=O) groups excluding carboxylic acids is 1. The highest BCUT2D eigenvalue weighted by Crippen LogP contribution is 2.49. The number of aromatic nitrogens is 2. The number of hydrogen-bond acceptors (Lipinski definition) is 6. The van der Waals surface area contributed by atoms with E-state index in [1.807, 2.05) is 6.92 Å². The largest absolute Gasteiger partial charge is 0.469 e. The van der Waals surface area contributed by atoms with Gasteiger partial charge in [0.1, 0.15) is 0 Å². The number of nitrogens with one attached hydrogen (secondary N) is 1. The highest BCUT2D eigenvalue weighted by molar-refractivity contribution is 5.70. The van der Waals surface area contributed by atoms with Gasteiger partial charge in [-0.15, -0.1) is 0 Å². The number of carbonyl (C=O) groups is 1. The van der Waals surface area contributed by atoms with Crippen LogP contribution in [0.1, 0.15) is 69.5 Å². The van der Waals surface area contributed by atoms with Crippen molar-refractivity contribution in [3.05, 3.63) is 11.7 Å². The maximum absolute atomic E-state index is 11.6. The normalized spacial score (nSPS) is 22.3. The molecule has 0 aromatic carbocycles. The molecule has 0 saturated heterocycles. The molecule has 0 amide bonds. The lowest BCUT2D eigenvalue weighted by Gasteiger charge is -2.32. The van der Waals surface area contributed by atoms with Gasteiger partial charge in [-0.25, -0.2) is 0 Å². The zero-order chi connectivity index (χ0) is 16.3. The summed E-state index contributed by atoms with van der Waals surface area (Å²) >= 11 is 0. The van der Waals surface area contributed by atoms with Crippen molar-refractivity contribution in [3.63, 3.8) is 0 Å². The van der Waals surface area contributed by atoms with E-state index in [0.29, 0.717) is 12.3 Å². The van der Waals surface area contributed by atoms with Gasteiger partial charge in [0, 0.05) is 13.5 Å². The van der Waals surface area contributed by atoms with Crippen LogP contribution in [-0.4, -0.2) is 29.8 Å². The SMILES string of the molecule is COC(=O)CC1(CNC2(c3noc(C)n3)CCCCCC2)CC1. The molecule has 1 aromatic rings. The molecule has 23 heavy (non-hydrogen) atoms. The zero-order valence-corrected chi connectivity index (χ0v) is 14.2. The monoisotopic (exact) mass is 321 g/mol. The van der Waals surface area contributed by atoms with Crippen molar-refractivity contribution in [2.75, 3.05) is 13.7 Å². The fourth-order valence-electron chi connectivity index (χ4n) is 3.63. The number of hydrogen-bond donors (Lipinski definition) is 1. The molecule has 6 nitrogen and oxygen atoms in total. The Hall–Kier alpha value is -1.43. The molecule has 3 rings (SSSR count). The summed E-state index contributed by atoms with van der Waals surface area (Å²) < 4.78 is 10.1. The minimum atomic E-state index is -0.208. The van der Waals surface area contributed by atoms with Gasteiger partial charge in [-0.2, -0.15) is 4.98 Å². The molecule has 2 aliphatic carbocycles. The molecule has 2 fully saturated rings. The Kier molecular flexibility index (Phi) is 4.71. The minimum absolute atomic E-state index is 0.0607. The first-order valence-electron chi connectivity index (χ1n) is 8.70. The van der Waals surface area contributed by atoms with Crippen LogP contribution in [0, 0.1) is 12.3 Å². The van der Waals surface area contributed by atoms with Crippen molar-refractivity contribution in [1.29, 1.82) is 0 Å². The van der Waals surface area contributed by atoms with Crippen LogP contribution in [-0.2, 0) is 15.1 Å². The number of ether oxygens (including phenoxy) is 1. The second-order valence-electron chi connectivity index (χ2n) is 7.24. The van der Waals surface area contributed by atoms with Crippen molar-refractivity contribution in [2.24, 2.45) is 5.41 Å². The summed E-state index contributed by atoms with van der Waals surface area (Å²) in [5.74, 6) is 1.28. The van der Waals surface area contributed by atoms with Crippen LogP contribution in [0.2, 0.25) is 0 Å². The first-order chi connectivity index (χ1) is 11.1. The molecule has 128 valence electrons. The standard InChI is InChI=1S/C17H27N3O3/c1-13-19-15(20-23-13)17(7-5-3-4-6-8-17)18-12-16(9-10-16)11-14(21)22-2/h18H,3-12H2,1-2H3. The van der Waals surface area contributed by atoms with E-state index >= 15 is 0 Å². The zero-order valence-electron chi connectivity index (χ0n) is 14.2. The molecule has 1 aromatic heterocycles. The van der Waals surface area contributed by atoms with Gasteiger partial charge >= 0.3 is 5.97 Å². The average Bonchev–Trinajstić information content (AvgIpc) is 3.24. The Morgan fingerprint density at radius 1 is 1.22 bits per heavy atom. The van der Waals surface area contributed by atoms with Crippen molar-refractivity contribution < 1.29 is 14.1 Å². The summed E-state index contributed by atoms with van der Waals surface area (Å²) in [6, 6.07) is 0. The summed E-state index contributed by atoms with van der Waals surface area (Å²) in [6.07, 6.45) is 9.57. The van der Waals surface area contributed by atoms with Crippen LogP contribution in [0.4, 0.5) is 0 Å². The minimum Gasteiger partial charge on any atom is -0.469 e. The molecule has 0 unspecified atom stereocenters. The summed E-state index contributed by atoms with van der Waals surface area (Å²) in [7, 11) is 1.46. The number of rotatable bonds is 6. The fourth-order valence-corrected chi connectivity index (χ4v) is 3.63. The molecule has 0 aliphatic heterocycles. The van der Waals surface area contributed by atoms with Crippen molar-refractivity contribution in [2.45, 2.75) is 70.3 Å². The molecular formula is C17H27N3O3. The van der Waals surface area contributed by atoms with E-state index in [-0.39, 0.29) is 16.9 Å². The molecule has 1 N–H and O–H groups in total. The van der Waals surface area contributed by atoms with Gasteiger partial charge in [-0.3, -0.25) is 4.79 Å². The topological polar surface area (TPSA) is 77.2 Å². The Bertz CT molecular complexity index is 543. The molecule has 0 radical (unpaired) electrons. The number of nitrogens with zero attached hydrogens (tertiary/aromatic N) is 2. The Morgan fingerprint density at radius 3 is 2.43 bits per heavy atom. The second-order valence-corrected chi connectivity index (χ2v) is 7.24. The Balaban J connectivity index is 1.73. The van der Waals surface area contributed by atoms with Gasteiger partial charge in [0.15, 0.2) is 5.82 Å². The quantitative estimate of drug-likeness (QED) is 0.641. The van der Waals surface area contributed by atoms with E-state index in [1.54, 1.807) is 0 Å². The first kappa shape index (κ1) is 16.4. The maximum atomic E-state index is 11.6. The molecular weight excluding hydrogens is 294 g/mol. The third kappa shape index (κ3) is 3.74. The van der Waals surface area contributed by atoms with Crippen LogP contribution >= 0.6 is 0 Å². The van der Waals surface area contributed by atoms with Gasteiger partial charge in [0.2, 0.25) is 5.89 Å². The lowest BCUT2D eigenvalue weighted by molar-refractivity contribution is -0.142. The Morgan fingerprint density at radius 2 is 1.91 bits per heavy atom. The highest BCUT2D eigenvalue weighted by atomic mass is 16.5. The number of aryl methyl sites for hydroxylation is 1. The lowest BCUT2D eigenvalue weighted by Crippen LogP contribution is -2.46. The third-order valence-corrected chi connectivity index (χ3v) is 5.42. The lowest BCUT2D eigenvalue weighted by atomic mass is 9.88. The van der Waals surface area contributed by atoms with E-state index in [4.69, 9.17) is 9.26 Å². The smallest absolute Gasteiger partial charge is 0.306 e. The molecule has 0 atom stereocenters. The van der Waals surface area contributed by atoms with Gasteiger partial charge in [0.05, 0.1) is 19.1 Å². The van der Waals surface area contributed by atoms with E-state index in [1.165, 1.54) is 32.8 Å². The van der Waals surface area contributed by atoms with E-state index < -0.39 is 0 Å². The van der Waals surface area contributed by atoms with Crippen LogP contribution in [0.5, 0.6) is 0 Å². The van der Waals surface area contributed by atoms with Crippen LogP contribution in [0.3, 0.4) is 0 Å². The van der Waals surface area contributed by atoms with Crippen molar-refractivity contribution >= 4 is 5.97 Å². The molecule has 2 aliphatic rings. The fraction of sp³-hybridized carbons (Fsp3) is 0.824. The van der Waals surface area contributed by atoms with Crippen LogP contribution in [0.25, 0.3) is 0 Å². The number of methoxy groups -OCH3 is 1. The average molecular weight is 321 g/mol. The van der Waals surface area contributed by atoms with E-state index in [0.717, 1.165) is 38.1 Å². The molecule has 0 spiro atoms. The van der Waals surface area contributed by atoms with Crippen LogP contribution < -0.4 is 5.32 Å². The van der Waals surface area contributed by atoms with Crippen LogP contribution in [0.15, 0.2) is 4.52 Å².